The van der Waals surface area contributed by atoms with E-state index in [4.69, 9.17) is 0 Å². The van der Waals surface area contributed by atoms with Crippen molar-refractivity contribution in [1.29, 1.82) is 0 Å². The van der Waals surface area contributed by atoms with Gasteiger partial charge in [0.2, 0.25) is 0 Å². The summed E-state index contributed by atoms with van der Waals surface area (Å²) in [6.45, 7) is 3.32. The molecule has 0 N–H and O–H groups in total. The molecule has 0 radical (unpaired) electrons. The Bertz CT molecular complexity index is 265. The van der Waals surface area contributed by atoms with Gasteiger partial charge in [-0.05, 0) is 6.92 Å². The summed E-state index contributed by atoms with van der Waals surface area (Å²) in [6, 6.07) is 0.579. The molecule has 1 aromatic rings. The first-order valence-electron chi connectivity index (χ1n) is 4.48. The van der Waals surface area contributed by atoms with Crippen LogP contribution >= 0.6 is 11.8 Å². The second kappa shape index (κ2) is 3.96. The van der Waals surface area contributed by atoms with Gasteiger partial charge >= 0.3 is 0 Å². The maximum Gasteiger partial charge on any atom is 0.147 e. The van der Waals surface area contributed by atoms with Crippen molar-refractivity contribution < 1.29 is 0 Å². The number of hydrogen-bond acceptors (Lipinski definition) is 4. The topological polar surface area (TPSA) is 29.0 Å². The van der Waals surface area contributed by atoms with Crippen molar-refractivity contribution in [3.8, 4) is 0 Å². The molecule has 1 aliphatic heterocycles. The Labute approximate surface area is 82.6 Å². The molecule has 0 spiro atoms. The zero-order valence-electron chi connectivity index (χ0n) is 7.68. The van der Waals surface area contributed by atoms with Gasteiger partial charge in [-0.1, -0.05) is 0 Å². The van der Waals surface area contributed by atoms with Crippen LogP contribution in [-0.2, 0) is 0 Å². The van der Waals surface area contributed by atoms with E-state index >= 15 is 0 Å². The molecule has 0 aliphatic carbocycles. The van der Waals surface area contributed by atoms with Gasteiger partial charge in [-0.2, -0.15) is 11.8 Å². The van der Waals surface area contributed by atoms with Crippen LogP contribution in [0, 0.1) is 0 Å². The molecule has 0 bridgehead atoms. The summed E-state index contributed by atoms with van der Waals surface area (Å²) in [5.74, 6) is 3.40. The summed E-state index contributed by atoms with van der Waals surface area (Å²) in [4.78, 5) is 10.7. The molecule has 1 saturated heterocycles. The monoisotopic (exact) mass is 195 g/mol. The average Bonchev–Trinajstić information content (AvgIpc) is 2.20. The van der Waals surface area contributed by atoms with E-state index in [1.807, 2.05) is 18.0 Å². The van der Waals surface area contributed by atoms with Gasteiger partial charge < -0.3 is 4.90 Å². The number of anilines is 1. The third kappa shape index (κ3) is 1.94. The molecule has 1 aliphatic rings. The fourth-order valence-electron chi connectivity index (χ4n) is 1.51. The van der Waals surface area contributed by atoms with E-state index < -0.39 is 0 Å². The van der Waals surface area contributed by atoms with E-state index in [-0.39, 0.29) is 0 Å². The Morgan fingerprint density at radius 2 is 2.46 bits per heavy atom. The van der Waals surface area contributed by atoms with E-state index in [0.717, 1.165) is 12.4 Å². The van der Waals surface area contributed by atoms with Crippen LogP contribution in [0.1, 0.15) is 6.92 Å². The zero-order valence-corrected chi connectivity index (χ0v) is 8.50. The number of rotatable bonds is 1. The van der Waals surface area contributed by atoms with Gasteiger partial charge in [0, 0.05) is 36.5 Å². The van der Waals surface area contributed by atoms with Gasteiger partial charge in [0.15, 0.2) is 0 Å². The number of hydrogen-bond donors (Lipinski definition) is 0. The van der Waals surface area contributed by atoms with Gasteiger partial charge in [0.1, 0.15) is 5.82 Å². The lowest BCUT2D eigenvalue weighted by molar-refractivity contribution is 0.688. The lowest BCUT2D eigenvalue weighted by Crippen LogP contribution is -2.40. The second-order valence-corrected chi connectivity index (χ2v) is 4.33. The lowest BCUT2D eigenvalue weighted by Gasteiger charge is -2.33. The van der Waals surface area contributed by atoms with E-state index in [0.29, 0.717) is 6.04 Å². The highest BCUT2D eigenvalue weighted by molar-refractivity contribution is 7.99. The standard InChI is InChI=1S/C9H13N3S/c1-8-7-13-5-4-12(8)9-6-10-2-3-11-9/h2-3,6,8H,4-5,7H2,1H3. The minimum atomic E-state index is 0.579. The molecule has 1 unspecified atom stereocenters. The predicted octanol–water partition coefficient (Wildman–Crippen LogP) is 1.42. The predicted molar refractivity (Wildman–Crippen MR) is 56.2 cm³/mol. The molecule has 1 atom stereocenters. The third-order valence-electron chi connectivity index (χ3n) is 2.21. The van der Waals surface area contributed by atoms with Crippen molar-refractivity contribution in [1.82, 2.24) is 9.97 Å². The quantitative estimate of drug-likeness (QED) is 0.677. The maximum absolute atomic E-state index is 4.31. The van der Waals surface area contributed by atoms with Crippen LogP contribution in [0.25, 0.3) is 0 Å². The van der Waals surface area contributed by atoms with Crippen molar-refractivity contribution in [3.63, 3.8) is 0 Å². The normalized spacial score (nSPS) is 23.2. The highest BCUT2D eigenvalue weighted by atomic mass is 32.2. The van der Waals surface area contributed by atoms with Gasteiger partial charge in [-0.3, -0.25) is 4.98 Å². The van der Waals surface area contributed by atoms with Crippen LogP contribution < -0.4 is 4.90 Å². The largest absolute Gasteiger partial charge is 0.351 e. The van der Waals surface area contributed by atoms with Crippen LogP contribution in [0.4, 0.5) is 5.82 Å². The second-order valence-electron chi connectivity index (χ2n) is 3.18. The van der Waals surface area contributed by atoms with Crippen molar-refractivity contribution in [2.24, 2.45) is 0 Å². The lowest BCUT2D eigenvalue weighted by atomic mass is 10.3. The summed E-state index contributed by atoms with van der Waals surface area (Å²) >= 11 is 2.01. The summed E-state index contributed by atoms with van der Waals surface area (Å²) < 4.78 is 0. The number of nitrogens with zero attached hydrogens (tertiary/aromatic N) is 3. The summed E-state index contributed by atoms with van der Waals surface area (Å²) in [7, 11) is 0. The Hall–Kier alpha value is -0.770. The highest BCUT2D eigenvalue weighted by Crippen LogP contribution is 2.20. The van der Waals surface area contributed by atoms with E-state index in [2.05, 4.69) is 21.8 Å². The summed E-state index contributed by atoms with van der Waals surface area (Å²) in [5, 5.41) is 0. The first-order valence-corrected chi connectivity index (χ1v) is 5.64. The Balaban J connectivity index is 2.15. The molecular formula is C9H13N3S. The summed E-state index contributed by atoms with van der Waals surface area (Å²) in [5.41, 5.74) is 0. The minimum Gasteiger partial charge on any atom is -0.351 e. The van der Waals surface area contributed by atoms with E-state index in [1.54, 1.807) is 12.4 Å². The Kier molecular flexibility index (Phi) is 2.68. The first kappa shape index (κ1) is 8.81. The number of aromatic nitrogens is 2. The van der Waals surface area contributed by atoms with Crippen LogP contribution in [0.15, 0.2) is 18.6 Å². The molecule has 1 fully saturated rings. The molecule has 2 heterocycles. The molecule has 0 amide bonds. The van der Waals surface area contributed by atoms with Crippen molar-refractivity contribution >= 4 is 17.6 Å². The molecule has 70 valence electrons. The van der Waals surface area contributed by atoms with Gasteiger partial charge in [-0.25, -0.2) is 4.98 Å². The van der Waals surface area contributed by atoms with Crippen molar-refractivity contribution in [3.05, 3.63) is 18.6 Å². The molecule has 0 aromatic carbocycles. The molecular weight excluding hydrogens is 182 g/mol. The van der Waals surface area contributed by atoms with Crippen molar-refractivity contribution in [2.75, 3.05) is 23.0 Å². The van der Waals surface area contributed by atoms with E-state index in [9.17, 15) is 0 Å². The van der Waals surface area contributed by atoms with Crippen LogP contribution in [0.2, 0.25) is 0 Å². The van der Waals surface area contributed by atoms with Crippen molar-refractivity contribution in [2.45, 2.75) is 13.0 Å². The summed E-state index contributed by atoms with van der Waals surface area (Å²) in [6.07, 6.45) is 5.31. The highest BCUT2D eigenvalue weighted by Gasteiger charge is 2.19. The smallest absolute Gasteiger partial charge is 0.147 e. The van der Waals surface area contributed by atoms with E-state index in [1.165, 1.54) is 11.5 Å². The number of thioether (sulfide) groups is 1. The fraction of sp³-hybridized carbons (Fsp3) is 0.556. The third-order valence-corrected chi connectivity index (χ3v) is 3.40. The molecule has 3 nitrogen and oxygen atoms in total. The van der Waals surface area contributed by atoms with Crippen LogP contribution in [0.5, 0.6) is 0 Å². The zero-order chi connectivity index (χ0) is 9.10. The molecule has 13 heavy (non-hydrogen) atoms. The Morgan fingerprint density at radius 1 is 1.54 bits per heavy atom. The first-order chi connectivity index (χ1) is 6.38. The molecule has 1 aromatic heterocycles. The minimum absolute atomic E-state index is 0.579. The molecule has 4 heteroatoms. The Morgan fingerprint density at radius 3 is 3.15 bits per heavy atom. The molecule has 2 rings (SSSR count). The van der Waals surface area contributed by atoms with Crippen LogP contribution in [0.3, 0.4) is 0 Å². The van der Waals surface area contributed by atoms with Gasteiger partial charge in [0.05, 0.1) is 6.20 Å². The van der Waals surface area contributed by atoms with Crippen LogP contribution in [-0.4, -0.2) is 34.1 Å². The average molecular weight is 195 g/mol. The van der Waals surface area contributed by atoms with Gasteiger partial charge in [0.25, 0.3) is 0 Å². The molecule has 0 saturated carbocycles. The maximum atomic E-state index is 4.31. The van der Waals surface area contributed by atoms with Gasteiger partial charge in [-0.15, -0.1) is 0 Å². The fourth-order valence-corrected chi connectivity index (χ4v) is 2.52. The SMILES string of the molecule is CC1CSCCN1c1cnccn1.